The zero-order chi connectivity index (χ0) is 11.3. The van der Waals surface area contributed by atoms with Crippen LogP contribution >= 0.6 is 11.6 Å². The molecule has 0 aliphatic rings. The third-order valence-corrected chi connectivity index (χ3v) is 2.22. The second-order valence-corrected chi connectivity index (χ2v) is 3.47. The van der Waals surface area contributed by atoms with Gasteiger partial charge in [0.2, 0.25) is 0 Å². The van der Waals surface area contributed by atoms with Crippen molar-refractivity contribution >= 4 is 17.4 Å². The smallest absolute Gasteiger partial charge is 0.138 e. The molecule has 0 aliphatic heterocycles. The first-order valence-corrected chi connectivity index (χ1v) is 5.11. The molecule has 0 aromatic heterocycles. The van der Waals surface area contributed by atoms with Crippen LogP contribution < -0.4 is 4.74 Å². The highest BCUT2D eigenvalue weighted by Crippen LogP contribution is 2.24. The molecule has 1 rings (SSSR count). The minimum Gasteiger partial charge on any atom is -0.492 e. The van der Waals surface area contributed by atoms with E-state index in [0.717, 1.165) is 0 Å². The molecule has 2 nitrogen and oxygen atoms in total. The molecule has 0 bridgehead atoms. The third-order valence-electron chi connectivity index (χ3n) is 1.93. The normalized spacial score (nSPS) is 10.1. The number of ketones is 1. The molecule has 0 radical (unpaired) electrons. The molecule has 4 heteroatoms. The summed E-state index contributed by atoms with van der Waals surface area (Å²) in [5, 5.41) is 0.221. The zero-order valence-corrected chi connectivity index (χ0v) is 9.18. The number of hydrogen-bond donors (Lipinski definition) is 0. The van der Waals surface area contributed by atoms with Gasteiger partial charge in [-0.3, -0.25) is 4.79 Å². The molecule has 0 fully saturated rings. The quantitative estimate of drug-likeness (QED) is 0.776. The van der Waals surface area contributed by atoms with Crippen molar-refractivity contribution in [3.63, 3.8) is 0 Å². The lowest BCUT2D eigenvalue weighted by molar-refractivity contribution is -0.119. The molecule has 1 aromatic rings. The minimum absolute atomic E-state index is 0.133. The minimum atomic E-state index is -0.406. The Morgan fingerprint density at radius 2 is 2.27 bits per heavy atom. The molecule has 0 amide bonds. The van der Waals surface area contributed by atoms with E-state index in [2.05, 4.69) is 0 Å². The molecule has 15 heavy (non-hydrogen) atoms. The Balaban J connectivity index is 2.47. The molecule has 0 aliphatic carbocycles. The Hall–Kier alpha value is -1.09. The monoisotopic (exact) mass is 230 g/mol. The second-order valence-electron chi connectivity index (χ2n) is 3.07. The summed E-state index contributed by atoms with van der Waals surface area (Å²) < 4.78 is 17.9. The predicted octanol–water partition coefficient (Wildman–Crippen LogP) is 3.23. The number of benzene rings is 1. The number of carbonyl (C=O) groups excluding carboxylic acids is 1. The maximum absolute atomic E-state index is 12.7. The molecule has 0 atom stereocenters. The summed E-state index contributed by atoms with van der Waals surface area (Å²) in [5.41, 5.74) is 0. The molecule has 82 valence electrons. The highest BCUT2D eigenvalue weighted by atomic mass is 35.5. The van der Waals surface area contributed by atoms with Gasteiger partial charge in [-0.25, -0.2) is 4.39 Å². The van der Waals surface area contributed by atoms with Crippen LogP contribution in [0.15, 0.2) is 18.2 Å². The third kappa shape index (κ3) is 3.88. The van der Waals surface area contributed by atoms with E-state index in [1.54, 1.807) is 6.92 Å². The van der Waals surface area contributed by atoms with Crippen LogP contribution in [0.25, 0.3) is 0 Å². The van der Waals surface area contributed by atoms with Gasteiger partial charge in [-0.2, -0.15) is 0 Å². The van der Waals surface area contributed by atoms with E-state index < -0.39 is 5.82 Å². The Morgan fingerprint density at radius 3 is 2.87 bits per heavy atom. The standard InChI is InChI=1S/C11H12ClFO2/c1-2-9(14)5-6-15-11-4-3-8(13)7-10(11)12/h3-4,7H,2,5-6H2,1H3. The van der Waals surface area contributed by atoms with Crippen LogP contribution in [0.1, 0.15) is 19.8 Å². The largest absolute Gasteiger partial charge is 0.492 e. The Labute approximate surface area is 93.0 Å². The summed E-state index contributed by atoms with van der Waals surface area (Å²) >= 11 is 5.73. The zero-order valence-electron chi connectivity index (χ0n) is 8.43. The molecular formula is C11H12ClFO2. The van der Waals surface area contributed by atoms with Crippen molar-refractivity contribution in [2.24, 2.45) is 0 Å². The van der Waals surface area contributed by atoms with Gasteiger partial charge in [-0.1, -0.05) is 18.5 Å². The molecule has 0 unspecified atom stereocenters. The van der Waals surface area contributed by atoms with Crippen molar-refractivity contribution in [3.8, 4) is 5.75 Å². The lowest BCUT2D eigenvalue weighted by Crippen LogP contribution is -2.05. The van der Waals surface area contributed by atoms with E-state index in [-0.39, 0.29) is 17.4 Å². The topological polar surface area (TPSA) is 26.3 Å². The molecule has 1 aromatic carbocycles. The van der Waals surface area contributed by atoms with Gasteiger partial charge in [-0.15, -0.1) is 0 Å². The molecule has 0 saturated heterocycles. The molecule has 0 heterocycles. The summed E-state index contributed by atoms with van der Waals surface area (Å²) in [7, 11) is 0. The van der Waals surface area contributed by atoms with Gasteiger partial charge in [-0.05, 0) is 18.2 Å². The lowest BCUT2D eigenvalue weighted by Gasteiger charge is -2.06. The van der Waals surface area contributed by atoms with Crippen LogP contribution in [0.3, 0.4) is 0 Å². The van der Waals surface area contributed by atoms with Crippen molar-refractivity contribution in [1.82, 2.24) is 0 Å². The van der Waals surface area contributed by atoms with Crippen molar-refractivity contribution in [1.29, 1.82) is 0 Å². The van der Waals surface area contributed by atoms with Crippen molar-refractivity contribution in [2.75, 3.05) is 6.61 Å². The lowest BCUT2D eigenvalue weighted by atomic mass is 10.2. The van der Waals surface area contributed by atoms with Gasteiger partial charge in [0.05, 0.1) is 11.6 Å². The first kappa shape index (κ1) is 12.0. The van der Waals surface area contributed by atoms with Gasteiger partial charge in [0.15, 0.2) is 0 Å². The predicted molar refractivity (Wildman–Crippen MR) is 56.8 cm³/mol. The maximum Gasteiger partial charge on any atom is 0.138 e. The first-order chi connectivity index (χ1) is 7.13. The second kappa shape index (κ2) is 5.71. The fraction of sp³-hybridized carbons (Fsp3) is 0.364. The SMILES string of the molecule is CCC(=O)CCOc1ccc(F)cc1Cl. The number of rotatable bonds is 5. The molecule has 0 N–H and O–H groups in total. The summed E-state index contributed by atoms with van der Waals surface area (Å²) in [6.45, 7) is 2.07. The fourth-order valence-corrected chi connectivity index (χ4v) is 1.27. The number of halogens is 2. The van der Waals surface area contributed by atoms with Gasteiger partial charge in [0, 0.05) is 12.8 Å². The van der Waals surface area contributed by atoms with Gasteiger partial charge in [0.1, 0.15) is 17.3 Å². The Kier molecular flexibility index (Phi) is 4.56. The first-order valence-electron chi connectivity index (χ1n) is 4.73. The summed E-state index contributed by atoms with van der Waals surface area (Å²) in [5.74, 6) is 0.132. The number of hydrogen-bond acceptors (Lipinski definition) is 2. The van der Waals surface area contributed by atoms with Crippen LogP contribution in [-0.2, 0) is 4.79 Å². The van der Waals surface area contributed by atoms with Crippen LogP contribution in [0.2, 0.25) is 5.02 Å². The van der Waals surface area contributed by atoms with E-state index in [4.69, 9.17) is 16.3 Å². The Bertz CT molecular complexity index is 352. The highest BCUT2D eigenvalue weighted by molar-refractivity contribution is 6.32. The van der Waals surface area contributed by atoms with E-state index >= 15 is 0 Å². The maximum atomic E-state index is 12.7. The highest BCUT2D eigenvalue weighted by Gasteiger charge is 2.04. The van der Waals surface area contributed by atoms with Crippen LogP contribution in [0.4, 0.5) is 4.39 Å². The van der Waals surface area contributed by atoms with Crippen LogP contribution in [0.5, 0.6) is 5.75 Å². The number of Topliss-reactive ketones (excluding diaryl/α,β-unsaturated/α-hetero) is 1. The van der Waals surface area contributed by atoms with E-state index in [1.165, 1.54) is 18.2 Å². The molecule has 0 saturated carbocycles. The summed E-state index contributed by atoms with van der Waals surface area (Å²) in [4.78, 5) is 11.0. The van der Waals surface area contributed by atoms with E-state index in [9.17, 15) is 9.18 Å². The summed E-state index contributed by atoms with van der Waals surface area (Å²) in [6.07, 6.45) is 0.852. The van der Waals surface area contributed by atoms with Gasteiger partial charge >= 0.3 is 0 Å². The molecule has 0 spiro atoms. The van der Waals surface area contributed by atoms with E-state index in [0.29, 0.717) is 18.6 Å². The average molecular weight is 231 g/mol. The van der Waals surface area contributed by atoms with Gasteiger partial charge in [0.25, 0.3) is 0 Å². The summed E-state index contributed by atoms with van der Waals surface area (Å²) in [6, 6.07) is 3.90. The molecular weight excluding hydrogens is 219 g/mol. The average Bonchev–Trinajstić information content (AvgIpc) is 2.21. The number of ether oxygens (including phenoxy) is 1. The van der Waals surface area contributed by atoms with Crippen molar-refractivity contribution in [3.05, 3.63) is 29.0 Å². The Morgan fingerprint density at radius 1 is 1.53 bits per heavy atom. The van der Waals surface area contributed by atoms with Crippen LogP contribution in [0, 0.1) is 5.82 Å². The van der Waals surface area contributed by atoms with Gasteiger partial charge < -0.3 is 4.74 Å². The van der Waals surface area contributed by atoms with Crippen molar-refractivity contribution < 1.29 is 13.9 Å². The fourth-order valence-electron chi connectivity index (χ4n) is 1.04. The van der Waals surface area contributed by atoms with E-state index in [1.807, 2.05) is 0 Å². The van der Waals surface area contributed by atoms with Crippen molar-refractivity contribution in [2.45, 2.75) is 19.8 Å². The van der Waals surface area contributed by atoms with Crippen LogP contribution in [-0.4, -0.2) is 12.4 Å². The number of carbonyl (C=O) groups is 1.